The Balaban J connectivity index is 3.26. The highest BCUT2D eigenvalue weighted by Crippen LogP contribution is 2.36. The van der Waals surface area contributed by atoms with E-state index in [9.17, 15) is 14.7 Å². The summed E-state index contributed by atoms with van der Waals surface area (Å²) in [7, 11) is 1.60. The Morgan fingerprint density at radius 3 is 2.75 bits per heavy atom. The lowest BCUT2D eigenvalue weighted by molar-refractivity contribution is -0.132. The second-order valence-electron chi connectivity index (χ2n) is 6.24. The van der Waals surface area contributed by atoms with Gasteiger partial charge in [0.1, 0.15) is 0 Å². The Morgan fingerprint density at radius 1 is 1.62 bits per heavy atom. The number of rotatable bonds is 9. The van der Waals surface area contributed by atoms with Gasteiger partial charge in [0.15, 0.2) is 0 Å². The number of carbonyl (C=O) groups is 2. The van der Waals surface area contributed by atoms with Crippen LogP contribution in [0.1, 0.15) is 40.0 Å². The number of hydrogen-bond acceptors (Lipinski definition) is 5. The number of methoxy groups -OCH3 is 1. The molecule has 1 aliphatic rings. The predicted octanol–water partition coefficient (Wildman–Crippen LogP) is 0.587. The van der Waals surface area contributed by atoms with Crippen LogP contribution < -0.4 is 16.6 Å². The van der Waals surface area contributed by atoms with Crippen LogP contribution >= 0.6 is 0 Å². The topological polar surface area (TPSA) is 126 Å². The fourth-order valence-corrected chi connectivity index (χ4v) is 3.30. The van der Waals surface area contributed by atoms with Gasteiger partial charge in [-0.15, -0.1) is 0 Å². The van der Waals surface area contributed by atoms with Crippen LogP contribution in [0.5, 0.6) is 0 Å². The van der Waals surface area contributed by atoms with Gasteiger partial charge in [-0.05, 0) is 13.3 Å². The first kappa shape index (κ1) is 20.1. The third-order valence-corrected chi connectivity index (χ3v) is 4.50. The van der Waals surface area contributed by atoms with Gasteiger partial charge in [-0.1, -0.05) is 19.4 Å². The van der Waals surface area contributed by atoms with E-state index in [1.165, 1.54) is 13.3 Å². The quantitative estimate of drug-likeness (QED) is 0.211. The second-order valence-corrected chi connectivity index (χ2v) is 6.24. The fraction of sp³-hybridized carbons (Fsp3) is 0.688. The zero-order chi connectivity index (χ0) is 18.3. The van der Waals surface area contributed by atoms with Crippen molar-refractivity contribution in [1.29, 1.82) is 0 Å². The molecule has 0 aliphatic heterocycles. The summed E-state index contributed by atoms with van der Waals surface area (Å²) in [6, 6.07) is -0.743. The summed E-state index contributed by atoms with van der Waals surface area (Å²) >= 11 is 0. The van der Waals surface area contributed by atoms with Crippen LogP contribution in [0.15, 0.2) is 16.6 Å². The van der Waals surface area contributed by atoms with Gasteiger partial charge >= 0.3 is 5.97 Å². The normalized spacial score (nSPS) is 24.3. The maximum Gasteiger partial charge on any atom is 0.331 e. The molecule has 0 aromatic heterocycles. The Kier molecular flexibility index (Phi) is 7.37. The molecule has 0 fully saturated rings. The molecule has 0 radical (unpaired) electrons. The maximum atomic E-state index is 11.7. The van der Waals surface area contributed by atoms with Gasteiger partial charge in [0.25, 0.3) is 0 Å². The summed E-state index contributed by atoms with van der Waals surface area (Å²) in [6.07, 6.45) is 4.87. The molecule has 8 nitrogen and oxygen atoms in total. The highest BCUT2D eigenvalue weighted by molar-refractivity contribution is 5.87. The van der Waals surface area contributed by atoms with Crippen LogP contribution in [0, 0.1) is 5.92 Å². The van der Waals surface area contributed by atoms with Crippen molar-refractivity contribution in [2.45, 2.75) is 57.7 Å². The Labute approximate surface area is 142 Å². The Bertz CT molecular complexity index is 520. The predicted molar refractivity (Wildman–Crippen MR) is 91.4 cm³/mol. The Morgan fingerprint density at radius 2 is 2.29 bits per heavy atom. The summed E-state index contributed by atoms with van der Waals surface area (Å²) in [5.74, 6) is 3.76. The summed E-state index contributed by atoms with van der Waals surface area (Å²) in [6.45, 7) is 5.39. The minimum atomic E-state index is -0.977. The molecule has 1 amide bonds. The van der Waals surface area contributed by atoms with Gasteiger partial charge in [-0.3, -0.25) is 9.79 Å². The third kappa shape index (κ3) is 4.78. The minimum absolute atomic E-state index is 0.198. The van der Waals surface area contributed by atoms with Crippen LogP contribution in [-0.2, 0) is 14.3 Å². The molecular weight excluding hydrogens is 312 g/mol. The van der Waals surface area contributed by atoms with E-state index >= 15 is 0 Å². The van der Waals surface area contributed by atoms with E-state index in [0.717, 1.165) is 6.42 Å². The average molecular weight is 340 g/mol. The largest absolute Gasteiger partial charge is 0.478 e. The first-order chi connectivity index (χ1) is 11.3. The summed E-state index contributed by atoms with van der Waals surface area (Å²) < 4.78 is 5.72. The Hall–Kier alpha value is -1.93. The van der Waals surface area contributed by atoms with E-state index in [0.29, 0.717) is 6.42 Å². The summed E-state index contributed by atoms with van der Waals surface area (Å²) in [4.78, 5) is 27.4. The molecule has 4 atom stereocenters. The van der Waals surface area contributed by atoms with Crippen LogP contribution in [0.4, 0.5) is 0 Å². The van der Waals surface area contributed by atoms with E-state index in [-0.39, 0.29) is 29.9 Å². The van der Waals surface area contributed by atoms with E-state index in [2.05, 4.69) is 15.7 Å². The SMILES string of the molecule is CCC[C@](C)(OC)[C@H](NC(C)=O)[C@@H]1C=C(C(=O)O)C[C@H]1N=CNN. The number of hydrazine groups is 1. The third-order valence-electron chi connectivity index (χ3n) is 4.50. The molecule has 1 aliphatic carbocycles. The molecule has 0 aromatic carbocycles. The number of amides is 1. The van der Waals surface area contributed by atoms with Crippen molar-refractivity contribution in [3.8, 4) is 0 Å². The number of aliphatic imine (C=N–C) groups is 1. The molecule has 0 unspecified atom stereocenters. The van der Waals surface area contributed by atoms with Crippen molar-refractivity contribution >= 4 is 18.2 Å². The molecule has 5 N–H and O–H groups in total. The average Bonchev–Trinajstić information content (AvgIpc) is 2.94. The van der Waals surface area contributed by atoms with Crippen LogP contribution in [0.2, 0.25) is 0 Å². The van der Waals surface area contributed by atoms with E-state index in [1.807, 2.05) is 13.8 Å². The van der Waals surface area contributed by atoms with Crippen molar-refractivity contribution in [2.75, 3.05) is 7.11 Å². The fourth-order valence-electron chi connectivity index (χ4n) is 3.30. The molecular formula is C16H28N4O4. The number of aliphatic carboxylic acids is 1. The lowest BCUT2D eigenvalue weighted by atomic mass is 9.80. The van der Waals surface area contributed by atoms with Crippen molar-refractivity contribution < 1.29 is 19.4 Å². The molecule has 0 saturated heterocycles. The zero-order valence-electron chi connectivity index (χ0n) is 14.7. The van der Waals surface area contributed by atoms with E-state index in [4.69, 9.17) is 10.6 Å². The number of carboxylic acids is 1. The first-order valence-electron chi connectivity index (χ1n) is 8.03. The van der Waals surface area contributed by atoms with Gasteiger partial charge in [0.05, 0.1) is 24.0 Å². The monoisotopic (exact) mass is 340 g/mol. The summed E-state index contributed by atoms with van der Waals surface area (Å²) in [5, 5.41) is 12.3. The van der Waals surface area contributed by atoms with Gasteiger partial charge in [-0.25, -0.2) is 10.6 Å². The first-order valence-corrected chi connectivity index (χ1v) is 8.03. The lowest BCUT2D eigenvalue weighted by Crippen LogP contribution is -2.56. The minimum Gasteiger partial charge on any atom is -0.478 e. The molecule has 0 aromatic rings. The second kappa shape index (κ2) is 8.79. The molecule has 0 spiro atoms. The molecule has 8 heteroatoms. The van der Waals surface area contributed by atoms with E-state index in [1.54, 1.807) is 13.2 Å². The van der Waals surface area contributed by atoms with Gasteiger partial charge < -0.3 is 20.6 Å². The maximum absolute atomic E-state index is 11.7. The van der Waals surface area contributed by atoms with Crippen LogP contribution in [-0.4, -0.2) is 48.1 Å². The number of carbonyl (C=O) groups excluding carboxylic acids is 1. The number of nitrogens with zero attached hydrogens (tertiary/aromatic N) is 1. The molecule has 0 bridgehead atoms. The van der Waals surface area contributed by atoms with E-state index < -0.39 is 17.6 Å². The van der Waals surface area contributed by atoms with Gasteiger partial charge in [-0.2, -0.15) is 0 Å². The summed E-state index contributed by atoms with van der Waals surface area (Å²) in [5.41, 5.74) is 1.98. The highest BCUT2D eigenvalue weighted by atomic mass is 16.5. The van der Waals surface area contributed by atoms with Crippen molar-refractivity contribution in [2.24, 2.45) is 16.8 Å². The molecule has 1 rings (SSSR count). The molecule has 24 heavy (non-hydrogen) atoms. The standard InChI is InChI=1S/C16H28N4O4/c1-5-6-16(3,24-4)14(20-10(2)21)12-7-11(15(22)23)8-13(12)18-9-19-17/h7,9,12-14H,5-6,8,17H2,1-4H3,(H,18,19)(H,20,21)(H,22,23)/t12-,13-,14-,16+/m1/s1. The van der Waals surface area contributed by atoms with Crippen molar-refractivity contribution in [3.63, 3.8) is 0 Å². The number of nitrogens with two attached hydrogens (primary N) is 1. The number of hydrogen-bond donors (Lipinski definition) is 4. The van der Waals surface area contributed by atoms with Crippen LogP contribution in [0.25, 0.3) is 0 Å². The van der Waals surface area contributed by atoms with Crippen LogP contribution in [0.3, 0.4) is 0 Å². The van der Waals surface area contributed by atoms with Gasteiger partial charge in [0, 0.05) is 31.9 Å². The zero-order valence-corrected chi connectivity index (χ0v) is 14.7. The smallest absolute Gasteiger partial charge is 0.331 e. The van der Waals surface area contributed by atoms with Crippen molar-refractivity contribution in [3.05, 3.63) is 11.6 Å². The molecule has 0 heterocycles. The van der Waals surface area contributed by atoms with Crippen molar-refractivity contribution in [1.82, 2.24) is 10.7 Å². The molecule has 0 saturated carbocycles. The van der Waals surface area contributed by atoms with Gasteiger partial charge in [0.2, 0.25) is 5.91 Å². The number of ether oxygens (including phenoxy) is 1. The molecule has 136 valence electrons. The lowest BCUT2D eigenvalue weighted by Gasteiger charge is -2.41. The highest BCUT2D eigenvalue weighted by Gasteiger charge is 2.45. The number of carboxylic acid groups (broad SMARTS) is 1. The number of nitrogens with one attached hydrogen (secondary N) is 2.